The van der Waals surface area contributed by atoms with Gasteiger partial charge in [-0.15, -0.1) is 0 Å². The number of fused-ring (bicyclic) bond motifs is 1. The Balaban J connectivity index is 2.63. The third-order valence-corrected chi connectivity index (χ3v) is 2.02. The van der Waals surface area contributed by atoms with Crippen molar-refractivity contribution in [2.45, 2.75) is 0 Å². The average molecular weight is 206 g/mol. The molecule has 1 N–H and O–H groups in total. The number of anilines is 1. The van der Waals surface area contributed by atoms with E-state index in [2.05, 4.69) is 20.1 Å². The third kappa shape index (κ3) is 1.50. The monoisotopic (exact) mass is 206 g/mol. The molecule has 78 valence electrons. The summed E-state index contributed by atoms with van der Waals surface area (Å²) in [7, 11) is 3.05. The minimum Gasteiger partial charge on any atom is -0.464 e. The van der Waals surface area contributed by atoms with Crippen LogP contribution in [0.15, 0.2) is 18.5 Å². The largest absolute Gasteiger partial charge is 0.464 e. The molecule has 0 aliphatic rings. The van der Waals surface area contributed by atoms with Crippen LogP contribution in [0.2, 0.25) is 0 Å². The molecule has 6 nitrogen and oxygen atoms in total. The molecule has 2 aromatic heterocycles. The van der Waals surface area contributed by atoms with Gasteiger partial charge in [0, 0.05) is 7.05 Å². The lowest BCUT2D eigenvalue weighted by Gasteiger charge is -2.04. The van der Waals surface area contributed by atoms with Gasteiger partial charge in [-0.25, -0.2) is 14.3 Å². The second-order valence-corrected chi connectivity index (χ2v) is 2.88. The highest BCUT2D eigenvalue weighted by molar-refractivity contribution is 5.88. The maximum Gasteiger partial charge on any atom is 0.358 e. The lowest BCUT2D eigenvalue weighted by atomic mass is 10.4. The van der Waals surface area contributed by atoms with E-state index in [0.717, 1.165) is 5.52 Å². The molecule has 2 aromatic rings. The van der Waals surface area contributed by atoms with Crippen molar-refractivity contribution in [1.82, 2.24) is 14.6 Å². The molecular weight excluding hydrogens is 196 g/mol. The van der Waals surface area contributed by atoms with Gasteiger partial charge >= 0.3 is 5.97 Å². The lowest BCUT2D eigenvalue weighted by Crippen LogP contribution is -2.09. The van der Waals surface area contributed by atoms with E-state index in [1.54, 1.807) is 23.8 Å². The van der Waals surface area contributed by atoms with E-state index in [1.807, 2.05) is 0 Å². The van der Waals surface area contributed by atoms with Gasteiger partial charge in [-0.2, -0.15) is 5.10 Å². The topological polar surface area (TPSA) is 68.5 Å². The normalized spacial score (nSPS) is 10.3. The zero-order valence-electron chi connectivity index (χ0n) is 8.39. The van der Waals surface area contributed by atoms with E-state index >= 15 is 0 Å². The molecule has 2 heterocycles. The van der Waals surface area contributed by atoms with E-state index in [0.29, 0.717) is 5.82 Å². The molecule has 0 aromatic carbocycles. The minimum atomic E-state index is -0.482. The van der Waals surface area contributed by atoms with Gasteiger partial charge < -0.3 is 10.1 Å². The highest BCUT2D eigenvalue weighted by atomic mass is 16.5. The quantitative estimate of drug-likeness (QED) is 0.727. The first kappa shape index (κ1) is 9.45. The number of carbonyl (C=O) groups excluding carboxylic acids is 1. The van der Waals surface area contributed by atoms with Crippen molar-refractivity contribution in [2.75, 3.05) is 19.5 Å². The van der Waals surface area contributed by atoms with Gasteiger partial charge in [0.25, 0.3) is 0 Å². The van der Waals surface area contributed by atoms with Crippen molar-refractivity contribution in [1.29, 1.82) is 0 Å². The number of nitrogens with zero attached hydrogens (tertiary/aromatic N) is 3. The summed E-state index contributed by atoms with van der Waals surface area (Å²) in [6.07, 6.45) is 3.17. The summed E-state index contributed by atoms with van der Waals surface area (Å²) >= 11 is 0. The fourth-order valence-electron chi connectivity index (χ4n) is 1.31. The number of hydrogen-bond donors (Lipinski definition) is 1. The number of esters is 1. The zero-order chi connectivity index (χ0) is 10.8. The van der Waals surface area contributed by atoms with E-state index < -0.39 is 5.97 Å². The Hall–Kier alpha value is -2.11. The Morgan fingerprint density at radius 2 is 2.40 bits per heavy atom. The number of methoxy groups -OCH3 is 1. The van der Waals surface area contributed by atoms with Gasteiger partial charge in [0.2, 0.25) is 0 Å². The molecule has 0 fully saturated rings. The molecule has 0 saturated heterocycles. The van der Waals surface area contributed by atoms with Crippen molar-refractivity contribution >= 4 is 17.3 Å². The highest BCUT2D eigenvalue weighted by Crippen LogP contribution is 2.14. The fraction of sp³-hybridized carbons (Fsp3) is 0.222. The molecule has 0 bridgehead atoms. The Bertz CT molecular complexity index is 506. The van der Waals surface area contributed by atoms with Crippen LogP contribution < -0.4 is 5.32 Å². The summed E-state index contributed by atoms with van der Waals surface area (Å²) in [5.74, 6) is 0.110. The first-order valence-corrected chi connectivity index (χ1v) is 4.36. The smallest absolute Gasteiger partial charge is 0.358 e. The lowest BCUT2D eigenvalue weighted by molar-refractivity contribution is 0.0593. The summed E-state index contributed by atoms with van der Waals surface area (Å²) in [4.78, 5) is 15.4. The number of hydrogen-bond acceptors (Lipinski definition) is 5. The molecule has 0 spiro atoms. The average Bonchev–Trinajstić information content (AvgIpc) is 2.74. The maximum absolute atomic E-state index is 11.3. The van der Waals surface area contributed by atoms with Crippen LogP contribution in [-0.2, 0) is 4.74 Å². The van der Waals surface area contributed by atoms with Crippen LogP contribution in [0, 0.1) is 0 Å². The second kappa shape index (κ2) is 3.56. The molecule has 0 unspecified atom stereocenters. The maximum atomic E-state index is 11.3. The highest BCUT2D eigenvalue weighted by Gasteiger charge is 2.11. The summed E-state index contributed by atoms with van der Waals surface area (Å²) < 4.78 is 6.17. The van der Waals surface area contributed by atoms with Gasteiger partial charge in [0.1, 0.15) is 5.52 Å². The minimum absolute atomic E-state index is 0.220. The first-order chi connectivity index (χ1) is 7.26. The molecule has 0 aliphatic heterocycles. The van der Waals surface area contributed by atoms with Gasteiger partial charge in [0.15, 0.2) is 11.5 Å². The fourth-order valence-corrected chi connectivity index (χ4v) is 1.31. The predicted octanol–water partition coefficient (Wildman–Crippen LogP) is 0.558. The van der Waals surface area contributed by atoms with E-state index in [1.165, 1.54) is 13.3 Å². The van der Waals surface area contributed by atoms with E-state index in [-0.39, 0.29) is 5.69 Å². The Kier molecular flexibility index (Phi) is 2.24. The molecule has 2 rings (SSSR count). The molecule has 0 atom stereocenters. The first-order valence-electron chi connectivity index (χ1n) is 4.36. The number of rotatable bonds is 2. The predicted molar refractivity (Wildman–Crippen MR) is 53.9 cm³/mol. The molecule has 0 radical (unpaired) electrons. The number of ether oxygens (including phenoxy) is 1. The second-order valence-electron chi connectivity index (χ2n) is 2.88. The van der Waals surface area contributed by atoms with Gasteiger partial charge in [0.05, 0.1) is 19.5 Å². The molecule has 0 amide bonds. The number of carbonyl (C=O) groups is 1. The van der Waals surface area contributed by atoms with Crippen LogP contribution in [0.5, 0.6) is 0 Å². The Labute approximate surface area is 85.9 Å². The standard InChI is InChI=1S/C9H10N4O2/c1-10-8-7-3-4-11-13(7)5-6(12-8)9(14)15-2/h3-5H,1-2H3,(H,10,12). The van der Waals surface area contributed by atoms with E-state index in [4.69, 9.17) is 0 Å². The van der Waals surface area contributed by atoms with Crippen LogP contribution in [0.3, 0.4) is 0 Å². The van der Waals surface area contributed by atoms with Crippen LogP contribution in [0.25, 0.3) is 5.52 Å². The van der Waals surface area contributed by atoms with Gasteiger partial charge in [-0.05, 0) is 6.07 Å². The van der Waals surface area contributed by atoms with Crippen molar-refractivity contribution in [3.05, 3.63) is 24.2 Å². The summed E-state index contributed by atoms with van der Waals surface area (Å²) in [5.41, 5.74) is 1.03. The van der Waals surface area contributed by atoms with Crippen molar-refractivity contribution in [2.24, 2.45) is 0 Å². The number of aromatic nitrogens is 3. The molecule has 6 heteroatoms. The van der Waals surface area contributed by atoms with E-state index in [9.17, 15) is 4.79 Å². The van der Waals surface area contributed by atoms with Crippen LogP contribution >= 0.6 is 0 Å². The Morgan fingerprint density at radius 1 is 1.60 bits per heavy atom. The summed E-state index contributed by atoms with van der Waals surface area (Å²) in [6, 6.07) is 1.81. The van der Waals surface area contributed by atoms with Gasteiger partial charge in [-0.3, -0.25) is 0 Å². The van der Waals surface area contributed by atoms with Crippen LogP contribution in [0.4, 0.5) is 5.82 Å². The van der Waals surface area contributed by atoms with Crippen LogP contribution in [-0.4, -0.2) is 34.7 Å². The zero-order valence-corrected chi connectivity index (χ0v) is 8.39. The van der Waals surface area contributed by atoms with Crippen molar-refractivity contribution in [3.63, 3.8) is 0 Å². The van der Waals surface area contributed by atoms with Crippen LogP contribution in [0.1, 0.15) is 10.5 Å². The SMILES string of the molecule is CNc1nc(C(=O)OC)cn2nccc12. The number of nitrogens with one attached hydrogen (secondary N) is 1. The molecule has 0 aliphatic carbocycles. The summed E-state index contributed by atoms with van der Waals surface area (Å²) in [5, 5.41) is 6.93. The van der Waals surface area contributed by atoms with Crippen molar-refractivity contribution in [3.8, 4) is 0 Å². The molecule has 0 saturated carbocycles. The molecule has 15 heavy (non-hydrogen) atoms. The van der Waals surface area contributed by atoms with Gasteiger partial charge in [-0.1, -0.05) is 0 Å². The summed E-state index contributed by atoms with van der Waals surface area (Å²) in [6.45, 7) is 0. The third-order valence-electron chi connectivity index (χ3n) is 2.02. The Morgan fingerprint density at radius 3 is 3.07 bits per heavy atom. The van der Waals surface area contributed by atoms with Crippen molar-refractivity contribution < 1.29 is 9.53 Å². The molecular formula is C9H10N4O2.